The number of rotatable bonds is 6. The SMILES string of the molecule is O=C(NCC(c1ccccc1)N1CCOCC1)c1ccc(=O)n(-c2ccccc2)c1. The van der Waals surface area contributed by atoms with Gasteiger partial charge >= 0.3 is 0 Å². The fourth-order valence-corrected chi connectivity index (χ4v) is 3.73. The number of amides is 1. The number of ether oxygens (including phenoxy) is 1. The first kappa shape index (κ1) is 20.1. The van der Waals surface area contributed by atoms with Gasteiger partial charge in [-0.3, -0.25) is 19.1 Å². The molecule has 6 heteroatoms. The van der Waals surface area contributed by atoms with E-state index in [2.05, 4.69) is 22.3 Å². The predicted molar refractivity (Wildman–Crippen MR) is 116 cm³/mol. The van der Waals surface area contributed by atoms with Crippen molar-refractivity contribution in [3.8, 4) is 5.69 Å². The first-order valence-electron chi connectivity index (χ1n) is 10.2. The van der Waals surface area contributed by atoms with Crippen LogP contribution < -0.4 is 10.9 Å². The summed E-state index contributed by atoms with van der Waals surface area (Å²) in [6.07, 6.45) is 1.60. The molecule has 2 aromatic carbocycles. The fraction of sp³-hybridized carbons (Fsp3) is 0.250. The number of aromatic nitrogens is 1. The Kier molecular flexibility index (Phi) is 6.37. The molecule has 0 bridgehead atoms. The molecule has 1 atom stereocenters. The largest absolute Gasteiger partial charge is 0.379 e. The van der Waals surface area contributed by atoms with Gasteiger partial charge in [-0.15, -0.1) is 0 Å². The van der Waals surface area contributed by atoms with Crippen LogP contribution in [0.3, 0.4) is 0 Å². The van der Waals surface area contributed by atoms with Crippen molar-refractivity contribution in [2.75, 3.05) is 32.8 Å². The van der Waals surface area contributed by atoms with E-state index in [1.807, 2.05) is 48.5 Å². The van der Waals surface area contributed by atoms with E-state index in [1.165, 1.54) is 10.6 Å². The number of morpholine rings is 1. The highest BCUT2D eigenvalue weighted by atomic mass is 16.5. The van der Waals surface area contributed by atoms with Gasteiger partial charge in [0.05, 0.1) is 24.8 Å². The summed E-state index contributed by atoms with van der Waals surface area (Å²) in [5.74, 6) is -0.200. The minimum atomic E-state index is -0.200. The maximum Gasteiger partial charge on any atom is 0.255 e. The Balaban J connectivity index is 1.52. The number of hydrogen-bond acceptors (Lipinski definition) is 4. The minimum absolute atomic E-state index is 0.0686. The molecule has 2 heterocycles. The van der Waals surface area contributed by atoms with E-state index in [4.69, 9.17) is 4.74 Å². The molecule has 154 valence electrons. The van der Waals surface area contributed by atoms with Gasteiger partial charge in [0, 0.05) is 37.6 Å². The summed E-state index contributed by atoms with van der Waals surface area (Å²) in [5, 5.41) is 3.06. The monoisotopic (exact) mass is 403 g/mol. The van der Waals surface area contributed by atoms with Gasteiger partial charge in [0.1, 0.15) is 0 Å². The number of carbonyl (C=O) groups is 1. The lowest BCUT2D eigenvalue weighted by molar-refractivity contribution is 0.0162. The van der Waals surface area contributed by atoms with Gasteiger partial charge in [0.25, 0.3) is 11.5 Å². The molecule has 3 aromatic rings. The Bertz CT molecular complexity index is 1030. The molecule has 30 heavy (non-hydrogen) atoms. The Hall–Kier alpha value is -3.22. The molecule has 4 rings (SSSR count). The zero-order valence-electron chi connectivity index (χ0n) is 16.7. The van der Waals surface area contributed by atoms with E-state index < -0.39 is 0 Å². The van der Waals surface area contributed by atoms with E-state index in [0.717, 1.165) is 24.3 Å². The van der Waals surface area contributed by atoms with Crippen LogP contribution in [0, 0.1) is 0 Å². The smallest absolute Gasteiger partial charge is 0.255 e. The van der Waals surface area contributed by atoms with Crippen LogP contribution in [-0.2, 0) is 4.74 Å². The second-order valence-electron chi connectivity index (χ2n) is 7.25. The van der Waals surface area contributed by atoms with Crippen molar-refractivity contribution < 1.29 is 9.53 Å². The zero-order chi connectivity index (χ0) is 20.8. The van der Waals surface area contributed by atoms with E-state index >= 15 is 0 Å². The van der Waals surface area contributed by atoms with Gasteiger partial charge in [0.2, 0.25) is 0 Å². The third-order valence-electron chi connectivity index (χ3n) is 5.33. The van der Waals surface area contributed by atoms with Crippen molar-refractivity contribution in [1.29, 1.82) is 0 Å². The normalized spacial score (nSPS) is 15.5. The van der Waals surface area contributed by atoms with Gasteiger partial charge in [-0.25, -0.2) is 0 Å². The second kappa shape index (κ2) is 9.52. The summed E-state index contributed by atoms with van der Waals surface area (Å²) in [6, 6.07) is 22.6. The third-order valence-corrected chi connectivity index (χ3v) is 5.33. The summed E-state index contributed by atoms with van der Waals surface area (Å²) in [7, 11) is 0. The lowest BCUT2D eigenvalue weighted by Gasteiger charge is -2.35. The first-order chi connectivity index (χ1) is 14.7. The van der Waals surface area contributed by atoms with Gasteiger partial charge in [-0.05, 0) is 23.8 Å². The molecular weight excluding hydrogens is 378 g/mol. The second-order valence-corrected chi connectivity index (χ2v) is 7.25. The summed E-state index contributed by atoms with van der Waals surface area (Å²) >= 11 is 0. The molecule has 1 N–H and O–H groups in total. The maximum atomic E-state index is 12.9. The van der Waals surface area contributed by atoms with Crippen LogP contribution in [0.15, 0.2) is 83.8 Å². The molecule has 1 unspecified atom stereocenters. The average molecular weight is 403 g/mol. The summed E-state index contributed by atoms with van der Waals surface area (Å²) in [6.45, 7) is 3.52. The van der Waals surface area contributed by atoms with Crippen LogP contribution in [-0.4, -0.2) is 48.2 Å². The number of carbonyl (C=O) groups excluding carboxylic acids is 1. The molecule has 6 nitrogen and oxygen atoms in total. The van der Waals surface area contributed by atoms with Crippen LogP contribution in [0.2, 0.25) is 0 Å². The molecule has 1 fully saturated rings. The highest BCUT2D eigenvalue weighted by molar-refractivity contribution is 5.93. The quantitative estimate of drug-likeness (QED) is 0.687. The molecule has 1 aliphatic heterocycles. The van der Waals surface area contributed by atoms with Crippen LogP contribution >= 0.6 is 0 Å². The third kappa shape index (κ3) is 4.67. The molecule has 0 saturated carbocycles. The van der Waals surface area contributed by atoms with Crippen molar-refractivity contribution >= 4 is 5.91 Å². The Morgan fingerprint density at radius 3 is 2.30 bits per heavy atom. The maximum absolute atomic E-state index is 12.9. The number of benzene rings is 2. The number of nitrogens with zero attached hydrogens (tertiary/aromatic N) is 2. The van der Waals surface area contributed by atoms with Gasteiger partial charge in [-0.1, -0.05) is 48.5 Å². The zero-order valence-corrected chi connectivity index (χ0v) is 16.7. The number of hydrogen-bond donors (Lipinski definition) is 1. The molecular formula is C24H25N3O3. The number of pyridine rings is 1. The molecule has 0 spiro atoms. The summed E-state index contributed by atoms with van der Waals surface area (Å²) in [5.41, 5.74) is 2.17. The average Bonchev–Trinajstić information content (AvgIpc) is 2.81. The Morgan fingerprint density at radius 1 is 0.933 bits per heavy atom. The van der Waals surface area contributed by atoms with Crippen LogP contribution in [0.5, 0.6) is 0 Å². The van der Waals surface area contributed by atoms with E-state index in [1.54, 1.807) is 12.3 Å². The first-order valence-corrected chi connectivity index (χ1v) is 10.2. The van der Waals surface area contributed by atoms with Crippen molar-refractivity contribution in [3.05, 3.63) is 100 Å². The van der Waals surface area contributed by atoms with Crippen molar-refractivity contribution in [1.82, 2.24) is 14.8 Å². The Morgan fingerprint density at radius 2 is 1.60 bits per heavy atom. The lowest BCUT2D eigenvalue weighted by Crippen LogP contribution is -2.43. The van der Waals surface area contributed by atoms with Gasteiger partial charge in [-0.2, -0.15) is 0 Å². The predicted octanol–water partition coefficient (Wildman–Crippen LogP) is 2.64. The topological polar surface area (TPSA) is 63.6 Å². The van der Waals surface area contributed by atoms with E-state index in [9.17, 15) is 9.59 Å². The number of para-hydroxylation sites is 1. The lowest BCUT2D eigenvalue weighted by atomic mass is 10.0. The highest BCUT2D eigenvalue weighted by Gasteiger charge is 2.23. The van der Waals surface area contributed by atoms with Gasteiger partial charge < -0.3 is 10.1 Å². The standard InChI is InChI=1S/C24H25N3O3/c28-23-12-11-20(18-27(23)21-9-5-2-6-10-21)24(29)25-17-22(19-7-3-1-4-8-19)26-13-15-30-16-14-26/h1-12,18,22H,13-17H2,(H,25,29). The highest BCUT2D eigenvalue weighted by Crippen LogP contribution is 2.21. The van der Waals surface area contributed by atoms with Crippen LogP contribution in [0.25, 0.3) is 5.69 Å². The van der Waals surface area contributed by atoms with Crippen LogP contribution in [0.4, 0.5) is 0 Å². The molecule has 0 aliphatic carbocycles. The van der Waals surface area contributed by atoms with Crippen molar-refractivity contribution in [2.24, 2.45) is 0 Å². The van der Waals surface area contributed by atoms with E-state index in [0.29, 0.717) is 25.3 Å². The van der Waals surface area contributed by atoms with Gasteiger partial charge in [0.15, 0.2) is 0 Å². The molecule has 1 amide bonds. The molecule has 1 aromatic heterocycles. The fourth-order valence-electron chi connectivity index (χ4n) is 3.73. The molecule has 1 aliphatic rings. The van der Waals surface area contributed by atoms with E-state index in [-0.39, 0.29) is 17.5 Å². The molecule has 0 radical (unpaired) electrons. The number of nitrogens with one attached hydrogen (secondary N) is 1. The minimum Gasteiger partial charge on any atom is -0.379 e. The van der Waals surface area contributed by atoms with Crippen molar-refractivity contribution in [2.45, 2.75) is 6.04 Å². The summed E-state index contributed by atoms with van der Waals surface area (Å²) < 4.78 is 6.98. The van der Waals surface area contributed by atoms with Crippen LogP contribution in [0.1, 0.15) is 22.0 Å². The summed E-state index contributed by atoms with van der Waals surface area (Å²) in [4.78, 5) is 27.5. The van der Waals surface area contributed by atoms with Crippen molar-refractivity contribution in [3.63, 3.8) is 0 Å². The molecule has 1 saturated heterocycles. The Labute approximate surface area is 175 Å².